The first kappa shape index (κ1) is 21.2. The molecule has 3 N–H and O–H groups in total. The number of rotatable bonds is 5. The Hall–Kier alpha value is -2.64. The van der Waals surface area contributed by atoms with Crippen molar-refractivity contribution in [2.45, 2.75) is 61.8 Å². The van der Waals surface area contributed by atoms with E-state index in [2.05, 4.69) is 22.3 Å². The van der Waals surface area contributed by atoms with E-state index in [4.69, 9.17) is 10.3 Å². The van der Waals surface area contributed by atoms with E-state index < -0.39 is 11.5 Å². The molecule has 1 aromatic heterocycles. The van der Waals surface area contributed by atoms with Gasteiger partial charge in [0.2, 0.25) is 11.7 Å². The van der Waals surface area contributed by atoms with E-state index in [9.17, 15) is 13.9 Å². The topological polar surface area (TPSA) is 85.2 Å². The second-order valence-electron chi connectivity index (χ2n) is 9.42. The number of benzene rings is 2. The third-order valence-electron chi connectivity index (χ3n) is 7.06. The lowest BCUT2D eigenvalue weighted by Crippen LogP contribution is -2.40. The van der Waals surface area contributed by atoms with Crippen molar-refractivity contribution < 1.29 is 18.4 Å². The number of hydrogen-bond acceptors (Lipinski definition) is 5. The Morgan fingerprint density at radius 1 is 0.906 bits per heavy atom. The summed E-state index contributed by atoms with van der Waals surface area (Å²) < 4.78 is 32.5. The first-order chi connectivity index (χ1) is 15.3. The van der Waals surface area contributed by atoms with Crippen molar-refractivity contribution in [3.05, 3.63) is 59.7 Å². The van der Waals surface area contributed by atoms with Crippen LogP contribution in [0.2, 0.25) is 0 Å². The van der Waals surface area contributed by atoms with Gasteiger partial charge in [-0.05, 0) is 60.8 Å². The average molecular weight is 440 g/mol. The number of hydrogen-bond donors (Lipinski definition) is 2. The molecule has 2 fully saturated rings. The standard InChI is InChI=1S/C25H27F2N3O2/c26-25(27)12-10-21(14-25)17-3-7-19(8-4-17)23-29-22(30-32-23)18-5-1-16(2-6-18)20-9-11-24(28,13-20)15-31/h1-8,20-21,31H,9-15,28H2/t20-,21?,24-/m1/s1. The van der Waals surface area contributed by atoms with Gasteiger partial charge in [0.1, 0.15) is 0 Å². The lowest BCUT2D eigenvalue weighted by atomic mass is 9.93. The number of nitrogens with zero attached hydrogens (tertiary/aromatic N) is 2. The van der Waals surface area contributed by atoms with Crippen LogP contribution >= 0.6 is 0 Å². The minimum atomic E-state index is -2.55. The smallest absolute Gasteiger partial charge is 0.258 e. The Labute approximate surface area is 185 Å². The molecule has 7 heteroatoms. The zero-order valence-electron chi connectivity index (χ0n) is 17.8. The third-order valence-corrected chi connectivity index (χ3v) is 7.06. The van der Waals surface area contributed by atoms with Crippen molar-refractivity contribution in [3.8, 4) is 22.8 Å². The molecule has 5 nitrogen and oxygen atoms in total. The van der Waals surface area contributed by atoms with Crippen molar-refractivity contribution in [3.63, 3.8) is 0 Å². The molecule has 1 heterocycles. The lowest BCUT2D eigenvalue weighted by molar-refractivity contribution is 0.00776. The Morgan fingerprint density at radius 3 is 2.06 bits per heavy atom. The molecule has 2 saturated carbocycles. The monoisotopic (exact) mass is 439 g/mol. The van der Waals surface area contributed by atoms with Gasteiger partial charge in [0.25, 0.3) is 5.89 Å². The summed E-state index contributed by atoms with van der Waals surface area (Å²) in [6.07, 6.45) is 2.97. The summed E-state index contributed by atoms with van der Waals surface area (Å²) in [5.41, 5.74) is 9.48. The van der Waals surface area contributed by atoms with Crippen LogP contribution in [-0.2, 0) is 0 Å². The Balaban J connectivity index is 1.28. The SMILES string of the molecule is N[C@]1(CO)CC[C@@H](c2ccc(-c3noc(-c4ccc(C5CCC(F)(F)C5)cc4)n3)cc2)C1. The van der Waals surface area contributed by atoms with Crippen LogP contribution in [0.25, 0.3) is 22.8 Å². The van der Waals surface area contributed by atoms with Gasteiger partial charge in [-0.2, -0.15) is 4.98 Å². The summed E-state index contributed by atoms with van der Waals surface area (Å²) in [5.74, 6) is -1.40. The molecule has 5 rings (SSSR count). The molecule has 1 unspecified atom stereocenters. The fourth-order valence-corrected chi connectivity index (χ4v) is 5.08. The summed E-state index contributed by atoms with van der Waals surface area (Å²) >= 11 is 0. The predicted octanol–water partition coefficient (Wildman–Crippen LogP) is 5.26. The van der Waals surface area contributed by atoms with Crippen molar-refractivity contribution in [2.24, 2.45) is 5.73 Å². The minimum absolute atomic E-state index is 0.0152. The number of aliphatic hydroxyl groups is 1. The van der Waals surface area contributed by atoms with E-state index in [1.165, 1.54) is 5.56 Å². The van der Waals surface area contributed by atoms with Gasteiger partial charge in [-0.15, -0.1) is 0 Å². The number of alkyl halides is 2. The van der Waals surface area contributed by atoms with E-state index in [0.717, 1.165) is 36.0 Å². The first-order valence-corrected chi connectivity index (χ1v) is 11.2. The number of nitrogens with two attached hydrogens (primary N) is 1. The number of halogens is 2. The van der Waals surface area contributed by atoms with E-state index in [1.54, 1.807) is 0 Å². The maximum atomic E-state index is 13.5. The molecular weight excluding hydrogens is 412 g/mol. The van der Waals surface area contributed by atoms with Crippen molar-refractivity contribution >= 4 is 0 Å². The largest absolute Gasteiger partial charge is 0.394 e. The van der Waals surface area contributed by atoms with Crippen molar-refractivity contribution in [1.82, 2.24) is 10.1 Å². The third kappa shape index (κ3) is 4.19. The predicted molar refractivity (Wildman–Crippen MR) is 117 cm³/mol. The summed E-state index contributed by atoms with van der Waals surface area (Å²) in [6.45, 7) is 0.0152. The highest BCUT2D eigenvalue weighted by atomic mass is 19.3. The highest BCUT2D eigenvalue weighted by molar-refractivity contribution is 5.60. The molecule has 32 heavy (non-hydrogen) atoms. The quantitative estimate of drug-likeness (QED) is 0.566. The normalized spacial score (nSPS) is 27.1. The highest BCUT2D eigenvalue weighted by Crippen LogP contribution is 2.44. The van der Waals surface area contributed by atoms with Crippen LogP contribution in [0.3, 0.4) is 0 Å². The molecule has 2 aliphatic rings. The van der Waals surface area contributed by atoms with Crippen LogP contribution < -0.4 is 5.73 Å². The van der Waals surface area contributed by atoms with Crippen LogP contribution in [0.5, 0.6) is 0 Å². The lowest BCUT2D eigenvalue weighted by Gasteiger charge is -2.20. The van der Waals surface area contributed by atoms with Gasteiger partial charge in [-0.3, -0.25) is 0 Å². The first-order valence-electron chi connectivity index (χ1n) is 11.2. The van der Waals surface area contributed by atoms with Crippen LogP contribution in [0.1, 0.15) is 61.5 Å². The minimum Gasteiger partial charge on any atom is -0.394 e. The second-order valence-corrected chi connectivity index (χ2v) is 9.42. The maximum absolute atomic E-state index is 13.5. The molecule has 2 aliphatic carbocycles. The number of aliphatic hydroxyl groups excluding tert-OH is 1. The molecule has 0 aliphatic heterocycles. The zero-order chi connectivity index (χ0) is 22.3. The van der Waals surface area contributed by atoms with Gasteiger partial charge in [0.05, 0.1) is 6.61 Å². The van der Waals surface area contributed by atoms with E-state index in [0.29, 0.717) is 24.1 Å². The van der Waals surface area contributed by atoms with E-state index in [-0.39, 0.29) is 25.4 Å². The van der Waals surface area contributed by atoms with Gasteiger partial charge < -0.3 is 15.4 Å². The summed E-state index contributed by atoms with van der Waals surface area (Å²) in [4.78, 5) is 4.51. The van der Waals surface area contributed by atoms with Crippen LogP contribution in [0.15, 0.2) is 53.1 Å². The van der Waals surface area contributed by atoms with E-state index >= 15 is 0 Å². The molecule has 0 amide bonds. The van der Waals surface area contributed by atoms with Crippen molar-refractivity contribution in [2.75, 3.05) is 6.61 Å². The molecule has 3 atom stereocenters. The van der Waals surface area contributed by atoms with Crippen LogP contribution in [0.4, 0.5) is 8.78 Å². The molecule has 0 radical (unpaired) electrons. The Kier molecular flexibility index (Phi) is 5.34. The second kappa shape index (κ2) is 8.05. The summed E-state index contributed by atoms with van der Waals surface area (Å²) in [5, 5.41) is 13.6. The molecule has 168 valence electrons. The highest BCUT2D eigenvalue weighted by Gasteiger charge is 2.40. The van der Waals surface area contributed by atoms with Gasteiger partial charge in [0, 0.05) is 29.5 Å². The van der Waals surface area contributed by atoms with Crippen LogP contribution in [-0.4, -0.2) is 33.3 Å². The fourth-order valence-electron chi connectivity index (χ4n) is 5.08. The molecule has 0 saturated heterocycles. The Morgan fingerprint density at radius 2 is 1.50 bits per heavy atom. The summed E-state index contributed by atoms with van der Waals surface area (Å²) in [6, 6.07) is 15.5. The summed E-state index contributed by atoms with van der Waals surface area (Å²) in [7, 11) is 0. The fraction of sp³-hybridized carbons (Fsp3) is 0.440. The maximum Gasteiger partial charge on any atom is 0.258 e. The molecule has 2 aromatic carbocycles. The van der Waals surface area contributed by atoms with Gasteiger partial charge in [-0.25, -0.2) is 8.78 Å². The molecule has 0 bridgehead atoms. The Bertz CT molecular complexity index is 1080. The van der Waals surface area contributed by atoms with Crippen LogP contribution in [0, 0.1) is 0 Å². The van der Waals surface area contributed by atoms with E-state index in [1.807, 2.05) is 36.4 Å². The van der Waals surface area contributed by atoms with Gasteiger partial charge in [-0.1, -0.05) is 41.6 Å². The van der Waals surface area contributed by atoms with Gasteiger partial charge in [0.15, 0.2) is 0 Å². The van der Waals surface area contributed by atoms with Crippen molar-refractivity contribution in [1.29, 1.82) is 0 Å². The molecule has 0 spiro atoms. The number of aromatic nitrogens is 2. The van der Waals surface area contributed by atoms with Gasteiger partial charge >= 0.3 is 0 Å². The molecule has 3 aromatic rings. The molecular formula is C25H27F2N3O2. The zero-order valence-corrected chi connectivity index (χ0v) is 17.8. The average Bonchev–Trinajstić information content (AvgIpc) is 3.53.